The summed E-state index contributed by atoms with van der Waals surface area (Å²) in [5.74, 6) is 1.16. The molecule has 2 aromatic rings. The Kier molecular flexibility index (Phi) is 6.87. The Hall–Kier alpha value is -3.03. The summed E-state index contributed by atoms with van der Waals surface area (Å²) in [5, 5.41) is 0. The second-order valence-corrected chi connectivity index (χ2v) is 8.69. The van der Waals surface area contributed by atoms with Crippen LogP contribution in [-0.4, -0.2) is 54.4 Å². The standard InChI is InChI=1S/C23H30FN5O2/c1-15(2)10-22(30)28(5)14-20-25-19(12-21(26-20)27(3)4)16-11-23(31)29(13-16)18-8-6-17(24)7-9-18/h6-9,12,15-16H,10-11,13-14H2,1-5H3. The van der Waals surface area contributed by atoms with E-state index in [9.17, 15) is 14.0 Å². The van der Waals surface area contributed by atoms with Gasteiger partial charge in [-0.15, -0.1) is 0 Å². The number of anilines is 2. The SMILES string of the molecule is CC(C)CC(=O)N(C)Cc1nc(C2CC(=O)N(c3ccc(F)cc3)C2)cc(N(C)C)n1. The van der Waals surface area contributed by atoms with Gasteiger partial charge in [-0.1, -0.05) is 13.8 Å². The maximum atomic E-state index is 13.3. The first-order chi connectivity index (χ1) is 14.6. The topological polar surface area (TPSA) is 69.6 Å². The molecule has 0 radical (unpaired) electrons. The van der Waals surface area contributed by atoms with Crippen molar-refractivity contribution >= 4 is 23.3 Å². The largest absolute Gasteiger partial charge is 0.363 e. The van der Waals surface area contributed by atoms with Gasteiger partial charge in [-0.25, -0.2) is 14.4 Å². The molecule has 8 heteroatoms. The summed E-state index contributed by atoms with van der Waals surface area (Å²) in [4.78, 5) is 39.5. The zero-order valence-corrected chi connectivity index (χ0v) is 18.8. The molecule has 1 aliphatic heterocycles. The van der Waals surface area contributed by atoms with Crippen molar-refractivity contribution < 1.29 is 14.0 Å². The van der Waals surface area contributed by atoms with Crippen LogP contribution in [0.25, 0.3) is 0 Å². The van der Waals surface area contributed by atoms with E-state index < -0.39 is 0 Å². The van der Waals surface area contributed by atoms with Gasteiger partial charge in [0.05, 0.1) is 12.2 Å². The molecule has 3 rings (SSSR count). The molecule has 2 amide bonds. The summed E-state index contributed by atoms with van der Waals surface area (Å²) in [6, 6.07) is 7.83. The van der Waals surface area contributed by atoms with Gasteiger partial charge in [0.15, 0.2) is 0 Å². The zero-order chi connectivity index (χ0) is 22.7. The Labute approximate surface area is 182 Å². The number of carbonyl (C=O) groups excluding carboxylic acids is 2. The van der Waals surface area contributed by atoms with E-state index in [2.05, 4.69) is 4.98 Å². The van der Waals surface area contributed by atoms with Crippen molar-refractivity contribution in [3.8, 4) is 0 Å². The molecule has 1 aromatic carbocycles. The van der Waals surface area contributed by atoms with E-state index in [4.69, 9.17) is 4.98 Å². The first-order valence-electron chi connectivity index (χ1n) is 10.5. The van der Waals surface area contributed by atoms with E-state index in [0.29, 0.717) is 37.4 Å². The summed E-state index contributed by atoms with van der Waals surface area (Å²) in [6.07, 6.45) is 0.795. The molecule has 0 saturated carbocycles. The number of halogens is 1. The number of hydrogen-bond donors (Lipinski definition) is 0. The lowest BCUT2D eigenvalue weighted by Crippen LogP contribution is -2.28. The average Bonchev–Trinajstić information content (AvgIpc) is 3.09. The van der Waals surface area contributed by atoms with E-state index in [0.717, 1.165) is 11.5 Å². The smallest absolute Gasteiger partial charge is 0.227 e. The third kappa shape index (κ3) is 5.57. The van der Waals surface area contributed by atoms with Gasteiger partial charge in [-0.2, -0.15) is 0 Å². The van der Waals surface area contributed by atoms with Crippen molar-refractivity contribution in [1.29, 1.82) is 0 Å². The van der Waals surface area contributed by atoms with Crippen molar-refractivity contribution in [1.82, 2.24) is 14.9 Å². The summed E-state index contributed by atoms with van der Waals surface area (Å²) < 4.78 is 13.3. The van der Waals surface area contributed by atoms with Crippen molar-refractivity contribution in [3.05, 3.63) is 47.7 Å². The lowest BCUT2D eigenvalue weighted by Gasteiger charge is -2.21. The molecule has 7 nitrogen and oxygen atoms in total. The molecule has 1 unspecified atom stereocenters. The highest BCUT2D eigenvalue weighted by Gasteiger charge is 2.33. The molecule has 0 bridgehead atoms. The van der Waals surface area contributed by atoms with Gasteiger partial charge in [0.2, 0.25) is 11.8 Å². The molecule has 1 aliphatic rings. The van der Waals surface area contributed by atoms with Gasteiger partial charge in [0.25, 0.3) is 0 Å². The van der Waals surface area contributed by atoms with Gasteiger partial charge in [0, 0.05) is 58.2 Å². The van der Waals surface area contributed by atoms with Crippen molar-refractivity contribution in [2.45, 2.75) is 39.2 Å². The quantitative estimate of drug-likeness (QED) is 0.679. The summed E-state index contributed by atoms with van der Waals surface area (Å²) >= 11 is 0. The normalized spacial score (nSPS) is 16.2. The lowest BCUT2D eigenvalue weighted by atomic mass is 10.0. The molecule has 31 heavy (non-hydrogen) atoms. The number of carbonyl (C=O) groups is 2. The number of amides is 2. The molecule has 1 fully saturated rings. The highest BCUT2D eigenvalue weighted by atomic mass is 19.1. The van der Waals surface area contributed by atoms with E-state index in [1.165, 1.54) is 12.1 Å². The molecule has 0 N–H and O–H groups in total. The van der Waals surface area contributed by atoms with Crippen molar-refractivity contribution in [3.63, 3.8) is 0 Å². The number of hydrogen-bond acceptors (Lipinski definition) is 5. The van der Waals surface area contributed by atoms with Crippen LogP contribution in [0.2, 0.25) is 0 Å². The van der Waals surface area contributed by atoms with Crippen LogP contribution >= 0.6 is 0 Å². The first kappa shape index (κ1) is 22.7. The van der Waals surface area contributed by atoms with Crippen molar-refractivity contribution in [2.24, 2.45) is 5.92 Å². The zero-order valence-electron chi connectivity index (χ0n) is 18.8. The van der Waals surface area contributed by atoms with E-state index in [-0.39, 0.29) is 29.5 Å². The number of aromatic nitrogens is 2. The molecular weight excluding hydrogens is 397 g/mol. The second-order valence-electron chi connectivity index (χ2n) is 8.69. The highest BCUT2D eigenvalue weighted by molar-refractivity contribution is 5.96. The predicted molar refractivity (Wildman–Crippen MR) is 118 cm³/mol. The molecule has 1 aromatic heterocycles. The Morgan fingerprint density at radius 2 is 1.87 bits per heavy atom. The maximum Gasteiger partial charge on any atom is 0.227 e. The average molecular weight is 428 g/mol. The van der Waals surface area contributed by atoms with Crippen LogP contribution in [-0.2, 0) is 16.1 Å². The second kappa shape index (κ2) is 9.41. The molecule has 1 saturated heterocycles. The lowest BCUT2D eigenvalue weighted by molar-refractivity contribution is -0.131. The van der Waals surface area contributed by atoms with Crippen molar-refractivity contribution in [2.75, 3.05) is 37.5 Å². The fourth-order valence-electron chi connectivity index (χ4n) is 3.59. The molecule has 1 atom stereocenters. The minimum absolute atomic E-state index is 0.0209. The van der Waals surface area contributed by atoms with E-state index >= 15 is 0 Å². The summed E-state index contributed by atoms with van der Waals surface area (Å²) in [6.45, 7) is 4.80. The van der Waals surface area contributed by atoms with Gasteiger partial charge >= 0.3 is 0 Å². The third-order valence-electron chi connectivity index (χ3n) is 5.31. The van der Waals surface area contributed by atoms with Gasteiger partial charge < -0.3 is 14.7 Å². The maximum absolute atomic E-state index is 13.3. The summed E-state index contributed by atoms with van der Waals surface area (Å²) in [7, 11) is 5.55. The van der Waals surface area contributed by atoms with Crippen LogP contribution in [0, 0.1) is 11.7 Å². The Morgan fingerprint density at radius 1 is 1.19 bits per heavy atom. The molecular formula is C23H30FN5O2. The monoisotopic (exact) mass is 427 g/mol. The Balaban J connectivity index is 1.83. The minimum atomic E-state index is -0.334. The number of nitrogens with zero attached hydrogens (tertiary/aromatic N) is 5. The molecule has 166 valence electrons. The molecule has 2 heterocycles. The Bertz CT molecular complexity index is 945. The van der Waals surface area contributed by atoms with E-state index in [1.807, 2.05) is 38.9 Å². The number of benzene rings is 1. The van der Waals surface area contributed by atoms with Gasteiger partial charge in [-0.3, -0.25) is 9.59 Å². The van der Waals surface area contributed by atoms with Crippen LogP contribution in [0.1, 0.15) is 44.1 Å². The predicted octanol–water partition coefficient (Wildman–Crippen LogP) is 3.21. The van der Waals surface area contributed by atoms with Crippen LogP contribution in [0.5, 0.6) is 0 Å². The third-order valence-corrected chi connectivity index (χ3v) is 5.31. The van der Waals surface area contributed by atoms with E-state index in [1.54, 1.807) is 29.0 Å². The van der Waals surface area contributed by atoms with Gasteiger partial charge in [-0.05, 0) is 30.2 Å². The van der Waals surface area contributed by atoms with Crippen LogP contribution in [0.3, 0.4) is 0 Å². The van der Waals surface area contributed by atoms with Crippen LogP contribution < -0.4 is 9.80 Å². The first-order valence-corrected chi connectivity index (χ1v) is 10.5. The summed E-state index contributed by atoms with van der Waals surface area (Å²) in [5.41, 5.74) is 1.45. The minimum Gasteiger partial charge on any atom is -0.363 e. The fourth-order valence-corrected chi connectivity index (χ4v) is 3.59. The van der Waals surface area contributed by atoms with Crippen LogP contribution in [0.4, 0.5) is 15.9 Å². The van der Waals surface area contributed by atoms with Gasteiger partial charge in [0.1, 0.15) is 17.5 Å². The number of rotatable bonds is 7. The molecule has 0 aliphatic carbocycles. The van der Waals surface area contributed by atoms with Crippen LogP contribution in [0.15, 0.2) is 30.3 Å². The highest BCUT2D eigenvalue weighted by Crippen LogP contribution is 2.32. The Morgan fingerprint density at radius 3 is 2.48 bits per heavy atom. The fraction of sp³-hybridized carbons (Fsp3) is 0.478. The molecule has 0 spiro atoms.